The second-order valence-electron chi connectivity index (χ2n) is 5.50. The van der Waals surface area contributed by atoms with Gasteiger partial charge >= 0.3 is 0 Å². The van der Waals surface area contributed by atoms with Crippen molar-refractivity contribution in [1.29, 1.82) is 0 Å². The molecule has 1 heterocycles. The summed E-state index contributed by atoms with van der Waals surface area (Å²) in [6.07, 6.45) is 3.47. The van der Waals surface area contributed by atoms with Gasteiger partial charge in [-0.25, -0.2) is 0 Å². The lowest BCUT2D eigenvalue weighted by molar-refractivity contribution is -0.185. The van der Waals surface area contributed by atoms with Crippen molar-refractivity contribution in [3.8, 4) is 5.75 Å². The number of benzene rings is 1. The van der Waals surface area contributed by atoms with Gasteiger partial charge < -0.3 is 19.9 Å². The topological polar surface area (TPSA) is 53.7 Å². The Kier molecular flexibility index (Phi) is 4.59. The zero-order valence-electron chi connectivity index (χ0n) is 11.8. The van der Waals surface area contributed by atoms with Crippen molar-refractivity contribution in [1.82, 2.24) is 0 Å². The third-order valence-corrected chi connectivity index (χ3v) is 4.36. The Balaban J connectivity index is 0.00000147. The van der Waals surface area contributed by atoms with E-state index in [1.165, 1.54) is 0 Å². The molecule has 0 atom stereocenters. The second kappa shape index (κ2) is 5.90. The third kappa shape index (κ3) is 2.79. The van der Waals surface area contributed by atoms with Crippen molar-refractivity contribution in [2.45, 2.75) is 37.0 Å². The lowest BCUT2D eigenvalue weighted by atomic mass is 9.75. The van der Waals surface area contributed by atoms with Gasteiger partial charge in [-0.15, -0.1) is 12.4 Å². The van der Waals surface area contributed by atoms with E-state index in [9.17, 15) is 0 Å². The van der Waals surface area contributed by atoms with E-state index in [1.54, 1.807) is 7.11 Å². The molecule has 112 valence electrons. The fourth-order valence-corrected chi connectivity index (χ4v) is 3.08. The molecule has 20 heavy (non-hydrogen) atoms. The Hall–Kier alpha value is -0.810. The smallest absolute Gasteiger partial charge is 0.168 e. The van der Waals surface area contributed by atoms with E-state index in [1.807, 2.05) is 18.2 Å². The largest absolute Gasteiger partial charge is 0.497 e. The van der Waals surface area contributed by atoms with Crippen LogP contribution in [0.25, 0.3) is 0 Å². The first-order valence-electron chi connectivity index (χ1n) is 6.87. The molecule has 1 spiro atoms. The Morgan fingerprint density at radius 3 is 2.35 bits per heavy atom. The van der Waals surface area contributed by atoms with E-state index in [2.05, 4.69) is 6.07 Å². The van der Waals surface area contributed by atoms with E-state index in [-0.39, 0.29) is 23.7 Å². The highest BCUT2D eigenvalue weighted by Crippen LogP contribution is 2.43. The van der Waals surface area contributed by atoms with Gasteiger partial charge in [-0.2, -0.15) is 0 Å². The number of hydrogen-bond acceptors (Lipinski definition) is 4. The number of nitrogens with two attached hydrogens (primary N) is 1. The molecule has 0 amide bonds. The molecule has 1 aliphatic carbocycles. The summed E-state index contributed by atoms with van der Waals surface area (Å²) in [4.78, 5) is 0. The summed E-state index contributed by atoms with van der Waals surface area (Å²) in [5, 5.41) is 0. The van der Waals surface area contributed by atoms with Gasteiger partial charge in [-0.1, -0.05) is 12.1 Å². The molecule has 5 heteroatoms. The number of halogens is 1. The van der Waals surface area contributed by atoms with Gasteiger partial charge in [-0.05, 0) is 30.5 Å². The lowest BCUT2D eigenvalue weighted by Crippen LogP contribution is -2.47. The highest BCUT2D eigenvalue weighted by atomic mass is 35.5. The minimum absolute atomic E-state index is 0. The number of ether oxygens (including phenoxy) is 3. The molecule has 3 rings (SSSR count). The van der Waals surface area contributed by atoms with Crippen LogP contribution < -0.4 is 10.5 Å². The molecule has 2 aliphatic rings. The normalized spacial score (nSPS) is 23.3. The molecule has 0 unspecified atom stereocenters. The molecular formula is C15H22ClNO3. The van der Waals surface area contributed by atoms with Crippen molar-refractivity contribution in [3.05, 3.63) is 29.8 Å². The van der Waals surface area contributed by atoms with Gasteiger partial charge in [0.15, 0.2) is 5.79 Å². The molecule has 2 fully saturated rings. The maximum Gasteiger partial charge on any atom is 0.168 e. The Morgan fingerprint density at radius 2 is 1.75 bits per heavy atom. The zero-order chi connectivity index (χ0) is 13.3. The standard InChI is InChI=1S/C15H21NO3.ClH/c1-17-13-4-2-3-12(11-13)14(16)5-7-15(8-6-14)18-9-10-19-15;/h2-4,11H,5-10,16H2,1H3;1H. The van der Waals surface area contributed by atoms with Crippen LogP contribution in [-0.4, -0.2) is 26.1 Å². The summed E-state index contributed by atoms with van der Waals surface area (Å²) < 4.78 is 16.8. The van der Waals surface area contributed by atoms with Gasteiger partial charge in [0.1, 0.15) is 5.75 Å². The minimum Gasteiger partial charge on any atom is -0.497 e. The highest BCUT2D eigenvalue weighted by Gasteiger charge is 2.45. The van der Waals surface area contributed by atoms with Gasteiger partial charge in [0.05, 0.1) is 20.3 Å². The van der Waals surface area contributed by atoms with E-state index < -0.39 is 0 Å². The number of methoxy groups -OCH3 is 1. The number of hydrogen-bond donors (Lipinski definition) is 1. The molecule has 1 saturated heterocycles. The van der Waals surface area contributed by atoms with Crippen LogP contribution in [0.4, 0.5) is 0 Å². The van der Waals surface area contributed by atoms with Crippen LogP contribution in [0.5, 0.6) is 5.75 Å². The first kappa shape index (κ1) is 15.6. The maximum atomic E-state index is 6.59. The van der Waals surface area contributed by atoms with Gasteiger partial charge in [-0.3, -0.25) is 0 Å². The molecule has 0 bridgehead atoms. The average molecular weight is 300 g/mol. The molecule has 0 radical (unpaired) electrons. The van der Waals surface area contributed by atoms with Crippen molar-refractivity contribution >= 4 is 12.4 Å². The molecule has 1 aromatic rings. The molecule has 1 aromatic carbocycles. The molecule has 0 aromatic heterocycles. The first-order chi connectivity index (χ1) is 9.16. The fourth-order valence-electron chi connectivity index (χ4n) is 3.08. The summed E-state index contributed by atoms with van der Waals surface area (Å²) in [6.45, 7) is 1.41. The van der Waals surface area contributed by atoms with Crippen molar-refractivity contribution < 1.29 is 14.2 Å². The van der Waals surface area contributed by atoms with Crippen molar-refractivity contribution in [2.75, 3.05) is 20.3 Å². The average Bonchev–Trinajstić information content (AvgIpc) is 2.92. The van der Waals surface area contributed by atoms with Crippen molar-refractivity contribution in [3.63, 3.8) is 0 Å². The van der Waals surface area contributed by atoms with Crippen LogP contribution in [0.15, 0.2) is 24.3 Å². The molecular weight excluding hydrogens is 278 g/mol. The predicted molar refractivity (Wildman–Crippen MR) is 79.2 cm³/mol. The Labute approximate surface area is 126 Å². The SMILES string of the molecule is COc1cccc(C2(N)CCC3(CC2)OCCO3)c1.Cl. The van der Waals surface area contributed by atoms with Crippen LogP contribution in [-0.2, 0) is 15.0 Å². The monoisotopic (exact) mass is 299 g/mol. The summed E-state index contributed by atoms with van der Waals surface area (Å²) in [6, 6.07) is 8.06. The summed E-state index contributed by atoms with van der Waals surface area (Å²) in [7, 11) is 1.68. The van der Waals surface area contributed by atoms with Crippen LogP contribution in [0.2, 0.25) is 0 Å². The summed E-state index contributed by atoms with van der Waals surface area (Å²) in [5.74, 6) is 0.498. The number of rotatable bonds is 2. The molecule has 2 N–H and O–H groups in total. The molecule has 1 saturated carbocycles. The lowest BCUT2D eigenvalue weighted by Gasteiger charge is -2.41. The van der Waals surface area contributed by atoms with Crippen LogP contribution in [0.1, 0.15) is 31.2 Å². The minimum atomic E-state index is -0.359. The highest BCUT2D eigenvalue weighted by molar-refractivity contribution is 5.85. The quantitative estimate of drug-likeness (QED) is 0.912. The van der Waals surface area contributed by atoms with Gasteiger partial charge in [0.2, 0.25) is 0 Å². The van der Waals surface area contributed by atoms with Crippen molar-refractivity contribution in [2.24, 2.45) is 5.73 Å². The summed E-state index contributed by atoms with van der Waals surface area (Å²) >= 11 is 0. The first-order valence-corrected chi connectivity index (χ1v) is 6.87. The Morgan fingerprint density at radius 1 is 1.10 bits per heavy atom. The zero-order valence-corrected chi connectivity index (χ0v) is 12.6. The van der Waals surface area contributed by atoms with E-state index >= 15 is 0 Å². The maximum absolute atomic E-state index is 6.59. The summed E-state index contributed by atoms with van der Waals surface area (Å²) in [5.41, 5.74) is 7.43. The Bertz CT molecular complexity index is 450. The van der Waals surface area contributed by atoms with E-state index in [0.29, 0.717) is 13.2 Å². The molecule has 1 aliphatic heterocycles. The van der Waals surface area contributed by atoms with Crippen LogP contribution >= 0.6 is 12.4 Å². The van der Waals surface area contributed by atoms with Gasteiger partial charge in [0, 0.05) is 18.4 Å². The fraction of sp³-hybridized carbons (Fsp3) is 0.600. The predicted octanol–water partition coefficient (Wildman–Crippen LogP) is 2.59. The van der Waals surface area contributed by atoms with Crippen LogP contribution in [0.3, 0.4) is 0 Å². The molecule has 4 nitrogen and oxygen atoms in total. The van der Waals surface area contributed by atoms with Crippen LogP contribution in [0, 0.1) is 0 Å². The third-order valence-electron chi connectivity index (χ3n) is 4.36. The second-order valence-corrected chi connectivity index (χ2v) is 5.50. The van der Waals surface area contributed by atoms with Gasteiger partial charge in [0.25, 0.3) is 0 Å². The van der Waals surface area contributed by atoms with E-state index in [0.717, 1.165) is 37.0 Å². The van der Waals surface area contributed by atoms with E-state index in [4.69, 9.17) is 19.9 Å².